The molecule has 0 unspecified atom stereocenters. The molecular weight excluding hydrogens is 288 g/mol. The molecule has 5 nitrogen and oxygen atoms in total. The molecule has 0 spiro atoms. The maximum Gasteiger partial charge on any atom is 0.253 e. The first kappa shape index (κ1) is 17.7. The van der Waals surface area contributed by atoms with Crippen LogP contribution >= 0.6 is 0 Å². The second-order valence-corrected chi connectivity index (χ2v) is 6.53. The van der Waals surface area contributed by atoms with Crippen molar-refractivity contribution in [3.8, 4) is 0 Å². The molecule has 0 atom stereocenters. The molecule has 0 fully saturated rings. The number of rotatable bonds is 7. The molecule has 6 heteroatoms. The summed E-state index contributed by atoms with van der Waals surface area (Å²) in [6.45, 7) is 9.57. The first-order chi connectivity index (χ1) is 9.92. The third kappa shape index (κ3) is 3.83. The van der Waals surface area contributed by atoms with E-state index in [2.05, 4.69) is 0 Å². The highest BCUT2D eigenvalue weighted by Gasteiger charge is 2.22. The Morgan fingerprint density at radius 2 is 1.38 bits per heavy atom. The molecule has 0 saturated heterocycles. The highest BCUT2D eigenvalue weighted by molar-refractivity contribution is 7.89. The van der Waals surface area contributed by atoms with Gasteiger partial charge in [0.05, 0.1) is 4.90 Å². The Labute approximate surface area is 127 Å². The quantitative estimate of drug-likeness (QED) is 0.775. The lowest BCUT2D eigenvalue weighted by atomic mass is 10.2. The van der Waals surface area contributed by atoms with Crippen LogP contribution in [-0.4, -0.2) is 49.7 Å². The van der Waals surface area contributed by atoms with Gasteiger partial charge in [0, 0.05) is 31.7 Å². The van der Waals surface area contributed by atoms with Crippen LogP contribution in [-0.2, 0) is 10.0 Å². The summed E-state index contributed by atoms with van der Waals surface area (Å²) in [6, 6.07) is 6.17. The molecule has 0 radical (unpaired) electrons. The molecular formula is C15H24N2O3S. The number of amides is 1. The number of hydrogen-bond acceptors (Lipinski definition) is 3. The number of benzene rings is 1. The number of hydrogen-bond donors (Lipinski definition) is 0. The fourth-order valence-corrected chi connectivity index (χ4v) is 3.63. The van der Waals surface area contributed by atoms with Crippen molar-refractivity contribution in [1.29, 1.82) is 0 Å². The van der Waals surface area contributed by atoms with E-state index < -0.39 is 10.0 Å². The summed E-state index contributed by atoms with van der Waals surface area (Å²) in [4.78, 5) is 14.1. The van der Waals surface area contributed by atoms with Gasteiger partial charge in [-0.05, 0) is 38.1 Å². The maximum atomic E-state index is 12.4. The van der Waals surface area contributed by atoms with Gasteiger partial charge in [0.25, 0.3) is 5.91 Å². The largest absolute Gasteiger partial charge is 0.339 e. The fraction of sp³-hybridized carbons (Fsp3) is 0.533. The lowest BCUT2D eigenvalue weighted by molar-refractivity contribution is 0.0773. The van der Waals surface area contributed by atoms with Crippen LogP contribution < -0.4 is 0 Å². The average Bonchev–Trinajstić information content (AvgIpc) is 2.49. The summed E-state index contributed by atoms with van der Waals surface area (Å²) in [5, 5.41) is 0. The van der Waals surface area contributed by atoms with Crippen molar-refractivity contribution in [2.75, 3.05) is 26.2 Å². The Kier molecular flexibility index (Phi) is 6.36. The topological polar surface area (TPSA) is 57.7 Å². The van der Waals surface area contributed by atoms with Crippen LogP contribution in [0, 0.1) is 0 Å². The normalized spacial score (nSPS) is 11.7. The number of nitrogens with zero attached hydrogens (tertiary/aromatic N) is 2. The zero-order valence-corrected chi connectivity index (χ0v) is 14.0. The third-order valence-corrected chi connectivity index (χ3v) is 5.56. The molecule has 1 aromatic carbocycles. The molecule has 1 amide bonds. The summed E-state index contributed by atoms with van der Waals surface area (Å²) in [7, 11) is -3.47. The van der Waals surface area contributed by atoms with Crippen LogP contribution in [0.1, 0.15) is 38.1 Å². The smallest absolute Gasteiger partial charge is 0.253 e. The third-order valence-electron chi connectivity index (χ3n) is 3.50. The van der Waals surface area contributed by atoms with Crippen LogP contribution in [0.2, 0.25) is 0 Å². The van der Waals surface area contributed by atoms with Gasteiger partial charge < -0.3 is 4.90 Å². The average molecular weight is 312 g/mol. The van der Waals surface area contributed by atoms with Gasteiger partial charge in [-0.25, -0.2) is 8.42 Å². The molecule has 0 aromatic heterocycles. The van der Waals surface area contributed by atoms with Crippen LogP contribution in [0.25, 0.3) is 0 Å². The van der Waals surface area contributed by atoms with Crippen molar-refractivity contribution in [3.63, 3.8) is 0 Å². The predicted molar refractivity (Wildman–Crippen MR) is 83.8 cm³/mol. The van der Waals surface area contributed by atoms with Gasteiger partial charge in [0.2, 0.25) is 10.0 Å². The molecule has 0 N–H and O–H groups in total. The lowest BCUT2D eigenvalue weighted by Crippen LogP contribution is -2.31. The molecule has 0 aliphatic heterocycles. The Balaban J connectivity index is 3.05. The van der Waals surface area contributed by atoms with Crippen LogP contribution in [0.5, 0.6) is 0 Å². The zero-order valence-electron chi connectivity index (χ0n) is 13.2. The van der Waals surface area contributed by atoms with E-state index in [4.69, 9.17) is 0 Å². The van der Waals surface area contributed by atoms with Gasteiger partial charge in [0.15, 0.2) is 0 Å². The molecule has 0 saturated carbocycles. The van der Waals surface area contributed by atoms with Crippen molar-refractivity contribution >= 4 is 15.9 Å². The van der Waals surface area contributed by atoms with Gasteiger partial charge in [0.1, 0.15) is 0 Å². The van der Waals surface area contributed by atoms with Crippen LogP contribution in [0.3, 0.4) is 0 Å². The highest BCUT2D eigenvalue weighted by Crippen LogP contribution is 2.17. The van der Waals surface area contributed by atoms with Gasteiger partial charge in [-0.2, -0.15) is 4.31 Å². The molecule has 1 rings (SSSR count). The first-order valence-electron chi connectivity index (χ1n) is 7.31. The predicted octanol–water partition coefficient (Wildman–Crippen LogP) is 2.20. The van der Waals surface area contributed by atoms with Crippen molar-refractivity contribution in [2.45, 2.75) is 32.6 Å². The summed E-state index contributed by atoms with van der Waals surface area (Å²) >= 11 is 0. The number of carbonyl (C=O) groups is 1. The van der Waals surface area contributed by atoms with E-state index in [0.29, 0.717) is 31.7 Å². The van der Waals surface area contributed by atoms with E-state index in [1.54, 1.807) is 30.9 Å². The second-order valence-electron chi connectivity index (χ2n) is 4.59. The van der Waals surface area contributed by atoms with Crippen LogP contribution in [0.15, 0.2) is 29.2 Å². The zero-order chi connectivity index (χ0) is 16.0. The van der Waals surface area contributed by atoms with Crippen molar-refractivity contribution < 1.29 is 13.2 Å². The molecule has 21 heavy (non-hydrogen) atoms. The molecule has 0 aliphatic rings. The molecule has 0 heterocycles. The minimum Gasteiger partial charge on any atom is -0.339 e. The Hall–Kier alpha value is -1.40. The van der Waals surface area contributed by atoms with Gasteiger partial charge in [-0.1, -0.05) is 13.8 Å². The van der Waals surface area contributed by atoms with E-state index in [1.165, 1.54) is 16.4 Å². The van der Waals surface area contributed by atoms with Crippen molar-refractivity contribution in [1.82, 2.24) is 9.21 Å². The fourth-order valence-electron chi connectivity index (χ4n) is 2.18. The molecule has 118 valence electrons. The molecule has 0 aliphatic carbocycles. The van der Waals surface area contributed by atoms with Gasteiger partial charge in [-0.3, -0.25) is 4.79 Å². The SMILES string of the molecule is CCN(CC)C(=O)c1ccc(S(=O)(=O)N(CC)CC)cc1. The summed E-state index contributed by atoms with van der Waals surface area (Å²) in [6.07, 6.45) is 0. The van der Waals surface area contributed by atoms with E-state index in [9.17, 15) is 13.2 Å². The van der Waals surface area contributed by atoms with Crippen molar-refractivity contribution in [2.24, 2.45) is 0 Å². The van der Waals surface area contributed by atoms with E-state index in [1.807, 2.05) is 13.8 Å². The van der Waals surface area contributed by atoms with E-state index in [-0.39, 0.29) is 10.8 Å². The highest BCUT2D eigenvalue weighted by atomic mass is 32.2. The summed E-state index contributed by atoms with van der Waals surface area (Å²) in [5.41, 5.74) is 0.511. The van der Waals surface area contributed by atoms with Crippen molar-refractivity contribution in [3.05, 3.63) is 29.8 Å². The van der Waals surface area contributed by atoms with Gasteiger partial charge >= 0.3 is 0 Å². The first-order valence-corrected chi connectivity index (χ1v) is 8.75. The minimum atomic E-state index is -3.47. The standard InChI is InChI=1S/C15H24N2O3S/c1-5-16(6-2)15(18)13-9-11-14(12-10-13)21(19,20)17(7-3)8-4/h9-12H,5-8H2,1-4H3. The monoisotopic (exact) mass is 312 g/mol. The summed E-state index contributed by atoms with van der Waals surface area (Å²) in [5.74, 6) is -0.0770. The number of sulfonamides is 1. The summed E-state index contributed by atoms with van der Waals surface area (Å²) < 4.78 is 26.1. The second kappa shape index (κ2) is 7.56. The Morgan fingerprint density at radius 1 is 0.905 bits per heavy atom. The molecule has 1 aromatic rings. The molecule has 0 bridgehead atoms. The Morgan fingerprint density at radius 3 is 1.76 bits per heavy atom. The number of carbonyl (C=O) groups excluding carboxylic acids is 1. The van der Waals surface area contributed by atoms with Gasteiger partial charge in [-0.15, -0.1) is 0 Å². The van der Waals surface area contributed by atoms with Crippen LogP contribution in [0.4, 0.5) is 0 Å². The minimum absolute atomic E-state index is 0.0770. The van der Waals surface area contributed by atoms with E-state index in [0.717, 1.165) is 0 Å². The lowest BCUT2D eigenvalue weighted by Gasteiger charge is -2.20. The Bertz CT molecular complexity index is 559. The maximum absolute atomic E-state index is 12.4. The van der Waals surface area contributed by atoms with E-state index >= 15 is 0 Å².